The van der Waals surface area contributed by atoms with Crippen LogP contribution in [-0.4, -0.2) is 38.7 Å². The minimum atomic E-state index is -0.137. The number of aldehydes is 1. The summed E-state index contributed by atoms with van der Waals surface area (Å²) in [6.07, 6.45) is 3.01. The molecule has 38 heavy (non-hydrogen) atoms. The zero-order valence-corrected chi connectivity index (χ0v) is 21.1. The predicted octanol–water partition coefficient (Wildman–Crippen LogP) is 7.07. The topological polar surface area (TPSA) is 119 Å². The summed E-state index contributed by atoms with van der Waals surface area (Å²) in [5, 5.41) is 36.7. The van der Waals surface area contributed by atoms with E-state index in [1.165, 1.54) is 7.11 Å². The van der Waals surface area contributed by atoms with Gasteiger partial charge in [0.05, 0.1) is 29.2 Å². The van der Waals surface area contributed by atoms with Crippen molar-refractivity contribution in [3.8, 4) is 34.1 Å². The average Bonchev–Trinajstić information content (AvgIpc) is 3.44. The van der Waals surface area contributed by atoms with Gasteiger partial charge in [-0.2, -0.15) is 0 Å². The van der Waals surface area contributed by atoms with Gasteiger partial charge in [0.15, 0.2) is 17.8 Å². The molecule has 0 radical (unpaired) electrons. The van der Waals surface area contributed by atoms with Crippen LogP contribution in [0.15, 0.2) is 60.2 Å². The molecule has 6 rings (SSSR count). The van der Waals surface area contributed by atoms with Crippen LogP contribution in [-0.2, 0) is 6.42 Å². The van der Waals surface area contributed by atoms with Crippen molar-refractivity contribution < 1.29 is 24.9 Å². The first kappa shape index (κ1) is 23.5. The van der Waals surface area contributed by atoms with Crippen molar-refractivity contribution >= 4 is 49.9 Å². The van der Waals surface area contributed by atoms with Gasteiger partial charge in [-0.15, -0.1) is 0 Å². The van der Waals surface area contributed by atoms with Crippen LogP contribution in [0, 0.1) is 0 Å². The van der Waals surface area contributed by atoms with E-state index in [1.807, 2.05) is 50.3 Å². The van der Waals surface area contributed by atoms with E-state index in [9.17, 15) is 20.1 Å². The maximum absolute atomic E-state index is 11.9. The summed E-state index contributed by atoms with van der Waals surface area (Å²) in [6, 6.07) is 14.6. The van der Waals surface area contributed by atoms with E-state index in [2.05, 4.69) is 9.97 Å². The van der Waals surface area contributed by atoms with Crippen molar-refractivity contribution in [2.75, 3.05) is 7.11 Å². The van der Waals surface area contributed by atoms with E-state index in [0.29, 0.717) is 51.2 Å². The Hall–Kier alpha value is -4.91. The first-order chi connectivity index (χ1) is 18.3. The van der Waals surface area contributed by atoms with Crippen LogP contribution in [0.25, 0.3) is 54.7 Å². The molecular weight excluding hydrogens is 480 g/mol. The highest BCUT2D eigenvalue weighted by Crippen LogP contribution is 2.50. The van der Waals surface area contributed by atoms with Crippen molar-refractivity contribution in [1.82, 2.24) is 9.97 Å². The SMILES string of the molecule is COc1cc2[nH]c3c(CC=C(C)C)c(O)c(C=O)cc3c2c(-c2cc3c(cc2O)[nH]c2ccccc23)c1O. The number of aromatic nitrogens is 2. The Morgan fingerprint density at radius 1 is 0.895 bits per heavy atom. The summed E-state index contributed by atoms with van der Waals surface area (Å²) in [7, 11) is 1.46. The third-order valence-corrected chi connectivity index (χ3v) is 7.18. The standard InChI is InChI=1S/C31H26N2O5/c1-15(2)8-9-18-29-21(10-16(14-34)30(18)36)27-24(33-29)13-26(38-3)31(37)28(27)20-11-19-17-6-4-5-7-22(17)32-23(19)12-25(20)35/h4-8,10-14,32-33,35-37H,9H2,1-3H3. The molecule has 7 nitrogen and oxygen atoms in total. The van der Waals surface area contributed by atoms with Crippen LogP contribution in [0.1, 0.15) is 29.8 Å². The molecule has 6 aromatic rings. The Balaban J connectivity index is 1.77. The van der Waals surface area contributed by atoms with Crippen LogP contribution < -0.4 is 4.74 Å². The number of hydrogen-bond donors (Lipinski definition) is 5. The molecule has 0 saturated heterocycles. The van der Waals surface area contributed by atoms with Crippen molar-refractivity contribution in [3.05, 3.63) is 71.3 Å². The van der Waals surface area contributed by atoms with Crippen LogP contribution in [0.4, 0.5) is 0 Å². The number of para-hydroxylation sites is 1. The van der Waals surface area contributed by atoms with Crippen LogP contribution in [0.5, 0.6) is 23.0 Å². The van der Waals surface area contributed by atoms with Crippen LogP contribution >= 0.6 is 0 Å². The summed E-state index contributed by atoms with van der Waals surface area (Å²) in [5.74, 6) is -0.0232. The number of aromatic hydroxyl groups is 3. The van der Waals surface area contributed by atoms with Gasteiger partial charge in [-0.05, 0) is 38.5 Å². The number of ether oxygens (including phenoxy) is 1. The molecule has 0 atom stereocenters. The van der Waals surface area contributed by atoms with Gasteiger partial charge in [-0.3, -0.25) is 4.79 Å². The van der Waals surface area contributed by atoms with Crippen molar-refractivity contribution in [3.63, 3.8) is 0 Å². The molecule has 0 amide bonds. The lowest BCUT2D eigenvalue weighted by Gasteiger charge is -2.14. The second kappa shape index (κ2) is 8.59. The lowest BCUT2D eigenvalue weighted by molar-refractivity contribution is 0.112. The summed E-state index contributed by atoms with van der Waals surface area (Å²) in [6.45, 7) is 3.93. The minimum Gasteiger partial charge on any atom is -0.507 e. The van der Waals surface area contributed by atoms with Gasteiger partial charge in [-0.1, -0.05) is 29.8 Å². The highest BCUT2D eigenvalue weighted by Gasteiger charge is 2.24. The number of H-pyrrole nitrogens is 2. The summed E-state index contributed by atoms with van der Waals surface area (Å²) in [5.41, 5.74) is 5.54. The molecule has 5 N–H and O–H groups in total. The van der Waals surface area contributed by atoms with E-state index in [4.69, 9.17) is 4.74 Å². The van der Waals surface area contributed by atoms with Gasteiger partial charge in [0.1, 0.15) is 11.5 Å². The maximum atomic E-state index is 11.9. The highest BCUT2D eigenvalue weighted by molar-refractivity contribution is 6.20. The molecule has 190 valence electrons. The molecule has 2 heterocycles. The van der Waals surface area contributed by atoms with E-state index in [-0.39, 0.29) is 28.6 Å². The number of aromatic amines is 2. The quantitative estimate of drug-likeness (QED) is 0.127. The average molecular weight is 507 g/mol. The number of nitrogens with one attached hydrogen (secondary N) is 2. The molecule has 0 saturated carbocycles. The fourth-order valence-electron chi connectivity index (χ4n) is 5.35. The van der Waals surface area contributed by atoms with Gasteiger partial charge in [0, 0.05) is 55.9 Å². The van der Waals surface area contributed by atoms with E-state index < -0.39 is 0 Å². The van der Waals surface area contributed by atoms with Crippen molar-refractivity contribution in [2.24, 2.45) is 0 Å². The third kappa shape index (κ3) is 3.39. The van der Waals surface area contributed by atoms with Gasteiger partial charge < -0.3 is 30.0 Å². The van der Waals surface area contributed by atoms with Crippen molar-refractivity contribution in [2.45, 2.75) is 20.3 Å². The molecule has 7 heteroatoms. The van der Waals surface area contributed by atoms with Crippen LogP contribution in [0.3, 0.4) is 0 Å². The van der Waals surface area contributed by atoms with Crippen molar-refractivity contribution in [1.29, 1.82) is 0 Å². The molecule has 4 aromatic carbocycles. The van der Waals surface area contributed by atoms with Gasteiger partial charge >= 0.3 is 0 Å². The fourth-order valence-corrected chi connectivity index (χ4v) is 5.35. The molecule has 0 aliphatic rings. The first-order valence-electron chi connectivity index (χ1n) is 12.2. The van der Waals surface area contributed by atoms with Gasteiger partial charge in [0.2, 0.25) is 0 Å². The minimum absolute atomic E-state index is 0.0255. The smallest absolute Gasteiger partial charge is 0.166 e. The zero-order chi connectivity index (χ0) is 26.7. The zero-order valence-electron chi connectivity index (χ0n) is 21.1. The highest BCUT2D eigenvalue weighted by atomic mass is 16.5. The molecule has 0 aliphatic heterocycles. The van der Waals surface area contributed by atoms with Gasteiger partial charge in [-0.25, -0.2) is 0 Å². The number of phenolic OH excluding ortho intramolecular Hbond substituents is 3. The lowest BCUT2D eigenvalue weighted by Crippen LogP contribution is -1.92. The number of phenols is 3. The number of hydrogen-bond acceptors (Lipinski definition) is 5. The Kier molecular flexibility index (Phi) is 5.31. The van der Waals surface area contributed by atoms with Crippen LogP contribution in [0.2, 0.25) is 0 Å². The number of benzene rings is 4. The first-order valence-corrected chi connectivity index (χ1v) is 12.2. The monoisotopic (exact) mass is 506 g/mol. The van der Waals surface area contributed by atoms with E-state index in [0.717, 1.165) is 27.4 Å². The number of allylic oxidation sites excluding steroid dienone is 2. The maximum Gasteiger partial charge on any atom is 0.166 e. The number of rotatable bonds is 5. The van der Waals surface area contributed by atoms with E-state index >= 15 is 0 Å². The Bertz CT molecular complexity index is 1950. The summed E-state index contributed by atoms with van der Waals surface area (Å²) < 4.78 is 5.50. The van der Waals surface area contributed by atoms with E-state index in [1.54, 1.807) is 18.2 Å². The summed E-state index contributed by atoms with van der Waals surface area (Å²) >= 11 is 0. The Morgan fingerprint density at radius 2 is 1.68 bits per heavy atom. The molecular formula is C31H26N2O5. The second-order valence-corrected chi connectivity index (χ2v) is 9.75. The van der Waals surface area contributed by atoms with Gasteiger partial charge in [0.25, 0.3) is 0 Å². The normalized spacial score (nSPS) is 11.6. The molecule has 0 fully saturated rings. The predicted molar refractivity (Wildman–Crippen MR) is 151 cm³/mol. The number of carbonyl (C=O) groups excluding carboxylic acids is 1. The molecule has 0 unspecified atom stereocenters. The number of carbonyl (C=O) groups is 1. The number of fused-ring (bicyclic) bond motifs is 6. The summed E-state index contributed by atoms with van der Waals surface area (Å²) in [4.78, 5) is 18.6. The largest absolute Gasteiger partial charge is 0.507 e. The molecule has 0 aliphatic carbocycles. The third-order valence-electron chi connectivity index (χ3n) is 7.18. The molecule has 2 aromatic heterocycles. The fraction of sp³-hybridized carbons (Fsp3) is 0.129. The Morgan fingerprint density at radius 3 is 2.42 bits per heavy atom. The second-order valence-electron chi connectivity index (χ2n) is 9.75. The molecule has 0 spiro atoms. The lowest BCUT2D eigenvalue weighted by atomic mass is 9.93. The number of methoxy groups -OCH3 is 1. The molecule has 0 bridgehead atoms. The Labute approximate surface area is 217 Å².